The molecular weight excluding hydrogens is 270 g/mol. The molecule has 2 heterocycles. The number of carbonyl (C=O) groups excluding carboxylic acids is 2. The third-order valence-electron chi connectivity index (χ3n) is 2.92. The Balaban J connectivity index is 1.85. The molecule has 0 saturated carbocycles. The topological polar surface area (TPSA) is 75.4 Å². The summed E-state index contributed by atoms with van der Waals surface area (Å²) < 4.78 is 5.19. The van der Waals surface area contributed by atoms with E-state index in [0.29, 0.717) is 12.3 Å². The van der Waals surface area contributed by atoms with Crippen LogP contribution in [0.4, 0.5) is 0 Å². The predicted molar refractivity (Wildman–Crippen MR) is 75.9 cm³/mol. The molecule has 0 unspecified atom stereocenters. The SMILES string of the molecule is CC(=O)N(CC(=O)NCc1cccnc1)Cc1ccco1. The zero-order chi connectivity index (χ0) is 15.1. The lowest BCUT2D eigenvalue weighted by molar-refractivity contribution is -0.135. The van der Waals surface area contributed by atoms with Crippen LogP contribution in [-0.4, -0.2) is 28.2 Å². The van der Waals surface area contributed by atoms with Gasteiger partial charge in [0.05, 0.1) is 19.4 Å². The van der Waals surface area contributed by atoms with Crippen molar-refractivity contribution >= 4 is 11.8 Å². The maximum absolute atomic E-state index is 11.9. The maximum atomic E-state index is 11.9. The first-order chi connectivity index (χ1) is 10.1. The summed E-state index contributed by atoms with van der Waals surface area (Å²) in [6, 6.07) is 7.19. The Morgan fingerprint density at radius 1 is 1.33 bits per heavy atom. The van der Waals surface area contributed by atoms with Crippen molar-refractivity contribution in [1.82, 2.24) is 15.2 Å². The average Bonchev–Trinajstić information content (AvgIpc) is 2.98. The minimum atomic E-state index is -0.222. The van der Waals surface area contributed by atoms with Gasteiger partial charge in [-0.25, -0.2) is 0 Å². The third kappa shape index (κ3) is 4.76. The molecule has 2 aromatic heterocycles. The van der Waals surface area contributed by atoms with Crippen molar-refractivity contribution in [2.45, 2.75) is 20.0 Å². The molecule has 0 aliphatic carbocycles. The van der Waals surface area contributed by atoms with Crippen LogP contribution in [0.2, 0.25) is 0 Å². The summed E-state index contributed by atoms with van der Waals surface area (Å²) in [6.45, 7) is 2.09. The Bertz CT molecular complexity index is 581. The smallest absolute Gasteiger partial charge is 0.239 e. The van der Waals surface area contributed by atoms with Gasteiger partial charge in [0.15, 0.2) is 0 Å². The Hall–Kier alpha value is -2.63. The number of nitrogens with zero attached hydrogens (tertiary/aromatic N) is 2. The first kappa shape index (κ1) is 14.8. The van der Waals surface area contributed by atoms with E-state index in [4.69, 9.17) is 4.42 Å². The number of rotatable bonds is 6. The molecule has 0 aromatic carbocycles. The van der Waals surface area contributed by atoms with Crippen LogP contribution in [0.1, 0.15) is 18.2 Å². The highest BCUT2D eigenvalue weighted by Gasteiger charge is 2.15. The lowest BCUT2D eigenvalue weighted by Gasteiger charge is -2.19. The van der Waals surface area contributed by atoms with Gasteiger partial charge in [-0.1, -0.05) is 6.07 Å². The van der Waals surface area contributed by atoms with Crippen LogP contribution in [0.5, 0.6) is 0 Å². The summed E-state index contributed by atoms with van der Waals surface area (Å²) in [6.07, 6.45) is 4.90. The largest absolute Gasteiger partial charge is 0.467 e. The number of furan rings is 1. The predicted octanol–water partition coefficient (Wildman–Crippen LogP) is 1.34. The first-order valence-corrected chi connectivity index (χ1v) is 6.58. The van der Waals surface area contributed by atoms with Crippen molar-refractivity contribution < 1.29 is 14.0 Å². The molecule has 2 aromatic rings. The van der Waals surface area contributed by atoms with E-state index in [-0.39, 0.29) is 24.9 Å². The van der Waals surface area contributed by atoms with Gasteiger partial charge in [0.25, 0.3) is 0 Å². The van der Waals surface area contributed by atoms with Gasteiger partial charge >= 0.3 is 0 Å². The van der Waals surface area contributed by atoms with Gasteiger partial charge < -0.3 is 14.6 Å². The molecule has 6 nitrogen and oxygen atoms in total. The van der Waals surface area contributed by atoms with Crippen LogP contribution >= 0.6 is 0 Å². The fourth-order valence-corrected chi connectivity index (χ4v) is 1.80. The van der Waals surface area contributed by atoms with E-state index >= 15 is 0 Å². The van der Waals surface area contributed by atoms with Gasteiger partial charge in [-0.3, -0.25) is 14.6 Å². The third-order valence-corrected chi connectivity index (χ3v) is 2.92. The molecule has 6 heteroatoms. The fraction of sp³-hybridized carbons (Fsp3) is 0.267. The van der Waals surface area contributed by atoms with E-state index < -0.39 is 0 Å². The molecule has 2 rings (SSSR count). The van der Waals surface area contributed by atoms with E-state index in [1.165, 1.54) is 18.1 Å². The Morgan fingerprint density at radius 3 is 2.81 bits per heavy atom. The molecule has 21 heavy (non-hydrogen) atoms. The summed E-state index contributed by atoms with van der Waals surface area (Å²) in [5, 5.41) is 2.76. The molecule has 0 aliphatic rings. The normalized spacial score (nSPS) is 10.1. The second-order valence-corrected chi connectivity index (χ2v) is 4.59. The van der Waals surface area contributed by atoms with Crippen LogP contribution in [0.25, 0.3) is 0 Å². The van der Waals surface area contributed by atoms with Crippen molar-refractivity contribution in [3.8, 4) is 0 Å². The zero-order valence-electron chi connectivity index (χ0n) is 11.8. The molecule has 0 aliphatic heterocycles. The number of aromatic nitrogens is 1. The van der Waals surface area contributed by atoms with Crippen LogP contribution in [0.3, 0.4) is 0 Å². The highest BCUT2D eigenvalue weighted by molar-refractivity contribution is 5.83. The lowest BCUT2D eigenvalue weighted by Crippen LogP contribution is -2.39. The van der Waals surface area contributed by atoms with E-state index in [2.05, 4.69) is 10.3 Å². The number of pyridine rings is 1. The van der Waals surface area contributed by atoms with Crippen LogP contribution < -0.4 is 5.32 Å². The molecule has 110 valence electrons. The number of amides is 2. The highest BCUT2D eigenvalue weighted by atomic mass is 16.3. The van der Waals surface area contributed by atoms with E-state index in [1.807, 2.05) is 6.07 Å². The van der Waals surface area contributed by atoms with E-state index in [0.717, 1.165) is 5.56 Å². The maximum Gasteiger partial charge on any atom is 0.239 e. The molecule has 1 N–H and O–H groups in total. The van der Waals surface area contributed by atoms with Crippen LogP contribution in [-0.2, 0) is 22.7 Å². The second kappa shape index (κ2) is 7.23. The number of hydrogen-bond acceptors (Lipinski definition) is 4. The van der Waals surface area contributed by atoms with E-state index in [1.54, 1.807) is 30.6 Å². The van der Waals surface area contributed by atoms with Gasteiger partial charge in [-0.15, -0.1) is 0 Å². The highest BCUT2D eigenvalue weighted by Crippen LogP contribution is 2.05. The fourth-order valence-electron chi connectivity index (χ4n) is 1.80. The summed E-state index contributed by atoms with van der Waals surface area (Å²) in [5.41, 5.74) is 0.909. The molecule has 0 radical (unpaired) electrons. The Kier molecular flexibility index (Phi) is 5.09. The molecule has 0 bridgehead atoms. The van der Waals surface area contributed by atoms with Gasteiger partial charge in [0, 0.05) is 25.9 Å². The van der Waals surface area contributed by atoms with Gasteiger partial charge in [0.2, 0.25) is 11.8 Å². The first-order valence-electron chi connectivity index (χ1n) is 6.58. The van der Waals surface area contributed by atoms with Gasteiger partial charge in [0.1, 0.15) is 5.76 Å². The van der Waals surface area contributed by atoms with Crippen molar-refractivity contribution in [2.75, 3.05) is 6.54 Å². The van der Waals surface area contributed by atoms with E-state index in [9.17, 15) is 9.59 Å². The Morgan fingerprint density at radius 2 is 2.19 bits per heavy atom. The molecule has 0 fully saturated rings. The molecule has 0 spiro atoms. The standard InChI is InChI=1S/C15H17N3O3/c1-12(19)18(10-14-5-3-7-21-14)11-15(20)17-9-13-4-2-6-16-8-13/h2-8H,9-11H2,1H3,(H,17,20). The number of nitrogens with one attached hydrogen (secondary N) is 1. The summed E-state index contributed by atoms with van der Waals surface area (Å²) >= 11 is 0. The summed E-state index contributed by atoms with van der Waals surface area (Å²) in [7, 11) is 0. The minimum Gasteiger partial charge on any atom is -0.467 e. The zero-order valence-corrected chi connectivity index (χ0v) is 11.8. The van der Waals surface area contributed by atoms with Crippen LogP contribution in [0.15, 0.2) is 47.3 Å². The van der Waals surface area contributed by atoms with Crippen molar-refractivity contribution in [3.63, 3.8) is 0 Å². The van der Waals surface area contributed by atoms with Crippen molar-refractivity contribution in [3.05, 3.63) is 54.2 Å². The van der Waals surface area contributed by atoms with Gasteiger partial charge in [-0.2, -0.15) is 0 Å². The number of hydrogen-bond donors (Lipinski definition) is 1. The summed E-state index contributed by atoms with van der Waals surface area (Å²) in [4.78, 5) is 28.9. The quantitative estimate of drug-likeness (QED) is 0.870. The summed E-state index contributed by atoms with van der Waals surface area (Å²) in [5.74, 6) is 0.244. The number of carbonyl (C=O) groups is 2. The lowest BCUT2D eigenvalue weighted by atomic mass is 10.3. The molecule has 0 atom stereocenters. The molecule has 2 amide bonds. The van der Waals surface area contributed by atoms with Crippen molar-refractivity contribution in [1.29, 1.82) is 0 Å². The van der Waals surface area contributed by atoms with Crippen LogP contribution in [0, 0.1) is 0 Å². The monoisotopic (exact) mass is 287 g/mol. The second-order valence-electron chi connectivity index (χ2n) is 4.59. The minimum absolute atomic E-state index is 0.00368. The Labute approximate surface area is 122 Å². The average molecular weight is 287 g/mol. The molecule has 0 saturated heterocycles. The van der Waals surface area contributed by atoms with Crippen molar-refractivity contribution in [2.24, 2.45) is 0 Å². The van der Waals surface area contributed by atoms with Gasteiger partial charge in [-0.05, 0) is 23.8 Å². The molecular formula is C15H17N3O3.